The van der Waals surface area contributed by atoms with Crippen molar-refractivity contribution in [1.82, 2.24) is 15.5 Å². The van der Waals surface area contributed by atoms with E-state index in [2.05, 4.69) is 20.4 Å². The normalized spacial score (nSPS) is 14.5. The van der Waals surface area contributed by atoms with Gasteiger partial charge in [-0.1, -0.05) is 72.8 Å². The lowest BCUT2D eigenvalue weighted by molar-refractivity contribution is -0.137. The Balaban J connectivity index is 1.18. The van der Waals surface area contributed by atoms with Crippen LogP contribution in [0.25, 0.3) is 11.1 Å². The molecule has 0 bridgehead atoms. The Hall–Kier alpha value is -4.67. The molecule has 1 unspecified atom stereocenters. The molecule has 1 fully saturated rings. The van der Waals surface area contributed by atoms with Crippen LogP contribution in [0.15, 0.2) is 103 Å². The van der Waals surface area contributed by atoms with Crippen LogP contribution < -0.4 is 15.5 Å². The molecule has 1 atom stereocenters. The Morgan fingerprint density at radius 2 is 1.42 bits per heavy atom. The minimum absolute atomic E-state index is 0.114. The molecule has 234 valence electrons. The van der Waals surface area contributed by atoms with E-state index in [-0.39, 0.29) is 31.5 Å². The van der Waals surface area contributed by atoms with Gasteiger partial charge in [0.15, 0.2) is 0 Å². The summed E-state index contributed by atoms with van der Waals surface area (Å²) in [5.41, 5.74) is 3.58. The molecule has 7 nitrogen and oxygen atoms in total. The zero-order chi connectivity index (χ0) is 31.8. The zero-order valence-corrected chi connectivity index (χ0v) is 24.6. The van der Waals surface area contributed by atoms with E-state index in [1.165, 1.54) is 12.1 Å². The lowest BCUT2D eigenvalue weighted by Gasteiger charge is -2.39. The molecular weight excluding hydrogens is 581 g/mol. The number of halogens is 3. The molecule has 0 spiro atoms. The zero-order valence-electron chi connectivity index (χ0n) is 24.6. The summed E-state index contributed by atoms with van der Waals surface area (Å²) < 4.78 is 39.0. The Bertz CT molecular complexity index is 1570. The SMILES string of the molecule is O=C(NCc1ccc(N2CCN(C(C(=O)NCCO)c3ccccc3)CC2)cc1)c1ccccc1-c1ccc(C(F)(F)F)cc1. The number of piperazine rings is 1. The molecule has 1 aliphatic rings. The summed E-state index contributed by atoms with van der Waals surface area (Å²) in [5.74, 6) is -0.446. The Labute approximate surface area is 260 Å². The predicted octanol–water partition coefficient (Wildman–Crippen LogP) is 5.27. The number of amides is 2. The van der Waals surface area contributed by atoms with E-state index >= 15 is 0 Å². The quantitative estimate of drug-likeness (QED) is 0.226. The van der Waals surface area contributed by atoms with Crippen molar-refractivity contribution >= 4 is 17.5 Å². The van der Waals surface area contributed by atoms with Crippen molar-refractivity contribution in [3.63, 3.8) is 0 Å². The molecule has 10 heteroatoms. The van der Waals surface area contributed by atoms with E-state index in [1.807, 2.05) is 54.6 Å². The minimum Gasteiger partial charge on any atom is -0.395 e. The topological polar surface area (TPSA) is 84.9 Å². The van der Waals surface area contributed by atoms with Crippen LogP contribution in [0.2, 0.25) is 0 Å². The first-order valence-electron chi connectivity index (χ1n) is 14.8. The molecule has 1 heterocycles. The number of carbonyl (C=O) groups is 2. The Kier molecular flexibility index (Phi) is 10.2. The third kappa shape index (κ3) is 7.89. The Morgan fingerprint density at radius 3 is 2.07 bits per heavy atom. The second-order valence-electron chi connectivity index (χ2n) is 10.8. The van der Waals surface area contributed by atoms with Gasteiger partial charge in [-0.2, -0.15) is 13.2 Å². The van der Waals surface area contributed by atoms with Gasteiger partial charge in [0, 0.05) is 50.5 Å². The number of hydrogen-bond donors (Lipinski definition) is 3. The summed E-state index contributed by atoms with van der Waals surface area (Å²) in [4.78, 5) is 30.5. The van der Waals surface area contributed by atoms with Gasteiger partial charge in [0.05, 0.1) is 12.2 Å². The molecule has 2 amide bonds. The third-order valence-corrected chi connectivity index (χ3v) is 7.90. The van der Waals surface area contributed by atoms with Crippen LogP contribution in [0.5, 0.6) is 0 Å². The second-order valence-corrected chi connectivity index (χ2v) is 10.8. The number of carbonyl (C=O) groups excluding carboxylic acids is 2. The largest absolute Gasteiger partial charge is 0.416 e. The summed E-state index contributed by atoms with van der Waals surface area (Å²) in [5, 5.41) is 14.9. The summed E-state index contributed by atoms with van der Waals surface area (Å²) in [6.45, 7) is 3.21. The summed E-state index contributed by atoms with van der Waals surface area (Å²) >= 11 is 0. The molecule has 0 saturated carbocycles. The maximum Gasteiger partial charge on any atom is 0.416 e. The molecule has 1 saturated heterocycles. The number of aliphatic hydroxyl groups excluding tert-OH is 1. The van der Waals surface area contributed by atoms with E-state index in [4.69, 9.17) is 5.11 Å². The lowest BCUT2D eigenvalue weighted by Crippen LogP contribution is -2.51. The first-order chi connectivity index (χ1) is 21.7. The monoisotopic (exact) mass is 616 g/mol. The number of hydrogen-bond acceptors (Lipinski definition) is 5. The number of anilines is 1. The number of nitrogens with one attached hydrogen (secondary N) is 2. The van der Waals surface area contributed by atoms with Crippen molar-refractivity contribution in [1.29, 1.82) is 0 Å². The van der Waals surface area contributed by atoms with E-state index in [0.29, 0.717) is 29.8 Å². The first-order valence-corrected chi connectivity index (χ1v) is 14.8. The standard InChI is InChI=1S/C35H35F3N4O3/c36-35(37,38)28-14-12-26(13-15-28)30-8-4-5-9-31(30)33(44)40-24-25-10-16-29(17-11-25)41-19-21-42(22-20-41)32(34(45)39-18-23-43)27-6-2-1-3-7-27/h1-17,32,43H,18-24H2,(H,39,45)(H,40,44). The van der Waals surface area contributed by atoms with Crippen molar-refractivity contribution in [2.24, 2.45) is 0 Å². The number of benzene rings is 4. The fourth-order valence-corrected chi connectivity index (χ4v) is 5.55. The second kappa shape index (κ2) is 14.4. The smallest absolute Gasteiger partial charge is 0.395 e. The molecule has 0 aliphatic carbocycles. The fourth-order valence-electron chi connectivity index (χ4n) is 5.55. The van der Waals surface area contributed by atoms with Gasteiger partial charge in [-0.05, 0) is 52.6 Å². The highest BCUT2D eigenvalue weighted by Gasteiger charge is 2.31. The van der Waals surface area contributed by atoms with Gasteiger partial charge in [0.25, 0.3) is 5.91 Å². The van der Waals surface area contributed by atoms with Crippen LogP contribution in [-0.2, 0) is 17.5 Å². The molecule has 0 radical (unpaired) electrons. The summed E-state index contributed by atoms with van der Waals surface area (Å²) in [7, 11) is 0. The minimum atomic E-state index is -4.43. The summed E-state index contributed by atoms with van der Waals surface area (Å²) in [6, 6.07) is 28.8. The molecule has 1 aliphatic heterocycles. The van der Waals surface area contributed by atoms with Crippen LogP contribution >= 0.6 is 0 Å². The number of aliphatic hydroxyl groups is 1. The van der Waals surface area contributed by atoms with E-state index in [0.717, 1.165) is 42.0 Å². The molecule has 4 aromatic carbocycles. The van der Waals surface area contributed by atoms with Gasteiger partial charge in [-0.15, -0.1) is 0 Å². The third-order valence-electron chi connectivity index (χ3n) is 7.90. The fraction of sp³-hybridized carbons (Fsp3) is 0.257. The number of alkyl halides is 3. The van der Waals surface area contributed by atoms with Crippen molar-refractivity contribution in [3.05, 3.63) is 125 Å². The molecule has 5 rings (SSSR count). The first kappa shape index (κ1) is 31.7. The predicted molar refractivity (Wildman–Crippen MR) is 168 cm³/mol. The van der Waals surface area contributed by atoms with Crippen molar-refractivity contribution in [3.8, 4) is 11.1 Å². The molecule has 3 N–H and O–H groups in total. The van der Waals surface area contributed by atoms with Crippen LogP contribution in [0, 0.1) is 0 Å². The van der Waals surface area contributed by atoms with Crippen LogP contribution in [0.3, 0.4) is 0 Å². The van der Waals surface area contributed by atoms with Gasteiger partial charge in [-0.25, -0.2) is 0 Å². The highest BCUT2D eigenvalue weighted by molar-refractivity contribution is 6.00. The van der Waals surface area contributed by atoms with Crippen LogP contribution in [0.4, 0.5) is 18.9 Å². The number of rotatable bonds is 10. The van der Waals surface area contributed by atoms with E-state index in [9.17, 15) is 22.8 Å². The molecular formula is C35H35F3N4O3. The molecule has 45 heavy (non-hydrogen) atoms. The van der Waals surface area contributed by atoms with Gasteiger partial charge in [0.2, 0.25) is 5.91 Å². The van der Waals surface area contributed by atoms with Gasteiger partial charge >= 0.3 is 6.18 Å². The number of nitrogens with zero attached hydrogens (tertiary/aromatic N) is 2. The maximum absolute atomic E-state index is 13.1. The van der Waals surface area contributed by atoms with Gasteiger partial charge in [0.1, 0.15) is 6.04 Å². The maximum atomic E-state index is 13.1. The lowest BCUT2D eigenvalue weighted by atomic mass is 9.98. The Morgan fingerprint density at radius 1 is 0.778 bits per heavy atom. The highest BCUT2D eigenvalue weighted by atomic mass is 19.4. The molecule has 0 aromatic heterocycles. The summed E-state index contributed by atoms with van der Waals surface area (Å²) in [6.07, 6.45) is -4.43. The van der Waals surface area contributed by atoms with Gasteiger partial charge < -0.3 is 20.6 Å². The molecule has 4 aromatic rings. The average molecular weight is 617 g/mol. The van der Waals surface area contributed by atoms with Gasteiger partial charge in [-0.3, -0.25) is 14.5 Å². The van der Waals surface area contributed by atoms with E-state index in [1.54, 1.807) is 24.3 Å². The van der Waals surface area contributed by atoms with Crippen molar-refractivity contribution in [2.45, 2.75) is 18.8 Å². The average Bonchev–Trinajstić information content (AvgIpc) is 3.07. The highest BCUT2D eigenvalue weighted by Crippen LogP contribution is 2.32. The van der Waals surface area contributed by atoms with Crippen molar-refractivity contribution < 1.29 is 27.9 Å². The van der Waals surface area contributed by atoms with Crippen molar-refractivity contribution in [2.75, 3.05) is 44.2 Å². The van der Waals surface area contributed by atoms with Crippen LogP contribution in [-0.4, -0.2) is 61.2 Å². The van der Waals surface area contributed by atoms with E-state index < -0.39 is 17.8 Å². The van der Waals surface area contributed by atoms with Crippen LogP contribution in [0.1, 0.15) is 33.1 Å².